The maximum absolute atomic E-state index is 11.5. The van der Waals surface area contributed by atoms with Crippen LogP contribution in [0.5, 0.6) is 0 Å². The lowest BCUT2D eigenvalue weighted by Crippen LogP contribution is -2.46. The molecule has 0 saturated carbocycles. The topological polar surface area (TPSA) is 40.6 Å². The number of benzene rings is 1. The first-order chi connectivity index (χ1) is 9.86. The molecule has 1 aromatic rings. The van der Waals surface area contributed by atoms with E-state index in [4.69, 9.17) is 0 Å². The van der Waals surface area contributed by atoms with Gasteiger partial charge in [-0.2, -0.15) is 0 Å². The van der Waals surface area contributed by atoms with E-state index in [1.807, 2.05) is 12.1 Å². The highest BCUT2D eigenvalue weighted by Crippen LogP contribution is 2.19. The van der Waals surface area contributed by atoms with Crippen molar-refractivity contribution in [3.63, 3.8) is 0 Å². The van der Waals surface area contributed by atoms with E-state index >= 15 is 0 Å². The molecule has 1 aliphatic heterocycles. The third kappa shape index (κ3) is 4.71. The van der Waals surface area contributed by atoms with Gasteiger partial charge in [-0.3, -0.25) is 4.90 Å². The van der Waals surface area contributed by atoms with E-state index in [2.05, 4.69) is 23.6 Å². The molecule has 0 N–H and O–H groups in total. The van der Waals surface area contributed by atoms with Gasteiger partial charge in [-0.15, -0.1) is 0 Å². The van der Waals surface area contributed by atoms with Gasteiger partial charge in [0.25, 0.3) is 0 Å². The van der Waals surface area contributed by atoms with Crippen LogP contribution in [0, 0.1) is 5.92 Å². The lowest BCUT2D eigenvalue weighted by Gasteiger charge is -2.36. The summed E-state index contributed by atoms with van der Waals surface area (Å²) in [6, 6.07) is 7.24. The number of hydrogen-bond donors (Lipinski definition) is 0. The number of anilines is 1. The molecule has 0 aliphatic carbocycles. The summed E-state index contributed by atoms with van der Waals surface area (Å²) in [6.45, 7) is 9.89. The van der Waals surface area contributed by atoms with Crippen molar-refractivity contribution < 1.29 is 8.42 Å². The summed E-state index contributed by atoms with van der Waals surface area (Å²) in [5, 5.41) is 0. The van der Waals surface area contributed by atoms with E-state index in [9.17, 15) is 8.42 Å². The van der Waals surface area contributed by atoms with Crippen molar-refractivity contribution in [1.29, 1.82) is 0 Å². The molecule has 118 valence electrons. The number of sulfone groups is 1. The van der Waals surface area contributed by atoms with Crippen LogP contribution in [0.25, 0.3) is 0 Å². The third-order valence-corrected chi connectivity index (χ3v) is 5.15. The fourth-order valence-corrected chi connectivity index (χ4v) is 3.21. The monoisotopic (exact) mass is 310 g/mol. The van der Waals surface area contributed by atoms with Crippen LogP contribution in [0.15, 0.2) is 29.2 Å². The van der Waals surface area contributed by atoms with Crippen LogP contribution in [0.2, 0.25) is 0 Å². The van der Waals surface area contributed by atoms with Gasteiger partial charge < -0.3 is 4.90 Å². The molecule has 1 heterocycles. The molecule has 21 heavy (non-hydrogen) atoms. The molecule has 4 nitrogen and oxygen atoms in total. The van der Waals surface area contributed by atoms with Crippen molar-refractivity contribution in [3.8, 4) is 0 Å². The van der Waals surface area contributed by atoms with Gasteiger partial charge in [-0.05, 0) is 43.1 Å². The lowest BCUT2D eigenvalue weighted by atomic mass is 10.1. The van der Waals surface area contributed by atoms with Crippen molar-refractivity contribution in [3.05, 3.63) is 24.3 Å². The average Bonchev–Trinajstić information content (AvgIpc) is 2.45. The van der Waals surface area contributed by atoms with Crippen molar-refractivity contribution in [2.75, 3.05) is 43.9 Å². The molecule has 2 rings (SSSR count). The summed E-state index contributed by atoms with van der Waals surface area (Å²) in [5.74, 6) is 0.756. The summed E-state index contributed by atoms with van der Waals surface area (Å²) in [4.78, 5) is 5.24. The normalized spacial score (nSPS) is 17.4. The van der Waals surface area contributed by atoms with Gasteiger partial charge >= 0.3 is 0 Å². The Hall–Kier alpha value is -1.07. The fraction of sp³-hybridized carbons (Fsp3) is 0.625. The SMILES string of the molecule is CC(C)CCN1CCN(c2ccc(S(C)(=O)=O)cc2)CC1. The zero-order valence-corrected chi connectivity index (χ0v) is 14.1. The third-order valence-electron chi connectivity index (χ3n) is 4.02. The van der Waals surface area contributed by atoms with Crippen LogP contribution in [0.4, 0.5) is 5.69 Å². The van der Waals surface area contributed by atoms with E-state index in [1.54, 1.807) is 12.1 Å². The van der Waals surface area contributed by atoms with Crippen LogP contribution in [0.3, 0.4) is 0 Å². The Morgan fingerprint density at radius 1 is 1.05 bits per heavy atom. The second-order valence-corrected chi connectivity index (χ2v) is 8.29. The van der Waals surface area contributed by atoms with Gasteiger partial charge in [0, 0.05) is 38.1 Å². The fourth-order valence-electron chi connectivity index (χ4n) is 2.57. The molecule has 5 heteroatoms. The first-order valence-corrected chi connectivity index (χ1v) is 9.53. The molecular weight excluding hydrogens is 284 g/mol. The molecule has 1 aliphatic rings. The van der Waals surface area contributed by atoms with E-state index in [0.29, 0.717) is 4.90 Å². The molecule has 1 fully saturated rings. The summed E-state index contributed by atoms with van der Waals surface area (Å²) in [7, 11) is -3.10. The smallest absolute Gasteiger partial charge is 0.175 e. The Kier molecular flexibility index (Phi) is 5.27. The van der Waals surface area contributed by atoms with Crippen LogP contribution >= 0.6 is 0 Å². The van der Waals surface area contributed by atoms with Gasteiger partial charge in [0.2, 0.25) is 0 Å². The minimum absolute atomic E-state index is 0.391. The first-order valence-electron chi connectivity index (χ1n) is 7.63. The summed E-state index contributed by atoms with van der Waals surface area (Å²) in [5.41, 5.74) is 1.12. The van der Waals surface area contributed by atoms with E-state index in [1.165, 1.54) is 19.2 Å². The zero-order valence-electron chi connectivity index (χ0n) is 13.2. The Morgan fingerprint density at radius 3 is 2.10 bits per heavy atom. The van der Waals surface area contributed by atoms with Crippen LogP contribution in [0.1, 0.15) is 20.3 Å². The molecule has 0 atom stereocenters. The van der Waals surface area contributed by atoms with Gasteiger partial charge in [0.15, 0.2) is 9.84 Å². The minimum atomic E-state index is -3.10. The Morgan fingerprint density at radius 2 is 1.62 bits per heavy atom. The zero-order chi connectivity index (χ0) is 15.5. The second-order valence-electron chi connectivity index (χ2n) is 6.28. The van der Waals surface area contributed by atoms with Crippen molar-refractivity contribution in [1.82, 2.24) is 4.90 Å². The standard InChI is InChI=1S/C16H26N2O2S/c1-14(2)8-9-17-10-12-18(13-11-17)15-4-6-16(7-5-15)21(3,19)20/h4-7,14H,8-13H2,1-3H3. The Bertz CT molecular complexity index is 544. The molecule has 0 spiro atoms. The quantitative estimate of drug-likeness (QED) is 0.836. The first kappa shape index (κ1) is 16.3. The van der Waals surface area contributed by atoms with Crippen LogP contribution < -0.4 is 4.90 Å². The highest BCUT2D eigenvalue weighted by molar-refractivity contribution is 7.90. The van der Waals surface area contributed by atoms with Gasteiger partial charge in [0.05, 0.1) is 4.90 Å². The Balaban J connectivity index is 1.90. The maximum atomic E-state index is 11.5. The maximum Gasteiger partial charge on any atom is 0.175 e. The number of rotatable bonds is 5. The van der Waals surface area contributed by atoms with Gasteiger partial charge in [0.1, 0.15) is 0 Å². The van der Waals surface area contributed by atoms with E-state index in [-0.39, 0.29) is 0 Å². The number of hydrogen-bond acceptors (Lipinski definition) is 4. The highest BCUT2D eigenvalue weighted by Gasteiger charge is 2.17. The molecule has 0 bridgehead atoms. The number of piperazine rings is 1. The predicted octanol–water partition coefficient (Wildman–Crippen LogP) is 2.26. The summed E-state index contributed by atoms with van der Waals surface area (Å²) < 4.78 is 22.9. The lowest BCUT2D eigenvalue weighted by molar-refractivity contribution is 0.243. The highest BCUT2D eigenvalue weighted by atomic mass is 32.2. The molecule has 1 aromatic carbocycles. The van der Waals surface area contributed by atoms with Crippen molar-refractivity contribution >= 4 is 15.5 Å². The number of nitrogens with zero attached hydrogens (tertiary/aromatic N) is 2. The second kappa shape index (κ2) is 6.79. The van der Waals surface area contributed by atoms with Crippen molar-refractivity contribution in [2.45, 2.75) is 25.2 Å². The van der Waals surface area contributed by atoms with Crippen molar-refractivity contribution in [2.24, 2.45) is 5.92 Å². The largest absolute Gasteiger partial charge is 0.369 e. The summed E-state index contributed by atoms with van der Waals surface area (Å²) in [6.07, 6.45) is 2.50. The molecule has 1 saturated heterocycles. The molecule has 0 unspecified atom stereocenters. The average molecular weight is 310 g/mol. The Labute approximate surface area is 128 Å². The van der Waals surface area contributed by atoms with E-state index < -0.39 is 9.84 Å². The van der Waals surface area contributed by atoms with E-state index in [0.717, 1.165) is 37.8 Å². The molecule has 0 radical (unpaired) electrons. The van der Waals surface area contributed by atoms with Gasteiger partial charge in [-0.25, -0.2) is 8.42 Å². The molecule has 0 amide bonds. The molecular formula is C16H26N2O2S. The van der Waals surface area contributed by atoms with Gasteiger partial charge in [-0.1, -0.05) is 13.8 Å². The summed E-state index contributed by atoms with van der Waals surface area (Å²) >= 11 is 0. The van der Waals surface area contributed by atoms with Crippen LogP contribution in [-0.2, 0) is 9.84 Å². The minimum Gasteiger partial charge on any atom is -0.369 e. The molecule has 0 aromatic heterocycles. The predicted molar refractivity (Wildman–Crippen MR) is 87.7 cm³/mol. The van der Waals surface area contributed by atoms with Crippen LogP contribution in [-0.4, -0.2) is 52.3 Å².